The molecule has 2 atom stereocenters. The van der Waals surface area contributed by atoms with Gasteiger partial charge in [-0.3, -0.25) is 9.36 Å². The first-order valence-electron chi connectivity index (χ1n) is 8.42. The van der Waals surface area contributed by atoms with Crippen molar-refractivity contribution in [1.29, 1.82) is 0 Å². The Hall–Kier alpha value is -1.87. The van der Waals surface area contributed by atoms with Crippen molar-refractivity contribution in [1.82, 2.24) is 20.1 Å². The average Bonchev–Trinajstić information content (AvgIpc) is 3.10. The highest BCUT2D eigenvalue weighted by Gasteiger charge is 2.30. The first-order chi connectivity index (χ1) is 12.3. The van der Waals surface area contributed by atoms with Gasteiger partial charge in [-0.15, -0.1) is 10.2 Å². The summed E-state index contributed by atoms with van der Waals surface area (Å²) in [4.78, 5) is 12.5. The number of thioether (sulfide) groups is 1. The van der Waals surface area contributed by atoms with Crippen LogP contribution in [-0.4, -0.2) is 51.9 Å². The van der Waals surface area contributed by atoms with Crippen LogP contribution in [0.4, 0.5) is 0 Å². The van der Waals surface area contributed by atoms with Crippen molar-refractivity contribution in [3.8, 4) is 5.69 Å². The quantitative estimate of drug-likeness (QED) is 0.776. The molecule has 140 valence electrons. The van der Waals surface area contributed by atoms with Crippen molar-refractivity contribution in [2.45, 2.75) is 43.6 Å². The fraction of sp³-hybridized carbons (Fsp3) is 0.471. The number of amides is 1. The number of para-hydroxylation sites is 1. The number of benzene rings is 1. The minimum absolute atomic E-state index is 0.0224. The topological polar surface area (TPSA) is 93.9 Å². The van der Waals surface area contributed by atoms with E-state index < -0.39 is 15.1 Å². The molecule has 0 aliphatic carbocycles. The maximum atomic E-state index is 12.5. The molecule has 0 saturated carbocycles. The normalized spacial score (nSPS) is 20.0. The third-order valence-electron chi connectivity index (χ3n) is 4.38. The van der Waals surface area contributed by atoms with E-state index in [4.69, 9.17) is 0 Å². The van der Waals surface area contributed by atoms with E-state index in [9.17, 15) is 13.2 Å². The number of aromatic nitrogens is 3. The highest BCUT2D eigenvalue weighted by Crippen LogP contribution is 2.27. The van der Waals surface area contributed by atoms with Gasteiger partial charge >= 0.3 is 0 Å². The molecule has 1 aliphatic rings. The molecule has 9 heteroatoms. The number of nitrogens with one attached hydrogen (secondary N) is 1. The SMILES string of the molecule is Cc1ccccc1-n1c(C)nnc1SC(C)C(=O)NC1CCS(=O)(=O)C1. The molecule has 1 N–H and O–H groups in total. The van der Waals surface area contributed by atoms with Gasteiger partial charge in [0, 0.05) is 6.04 Å². The monoisotopic (exact) mass is 394 g/mol. The highest BCUT2D eigenvalue weighted by molar-refractivity contribution is 8.00. The maximum Gasteiger partial charge on any atom is 0.233 e. The molecule has 26 heavy (non-hydrogen) atoms. The van der Waals surface area contributed by atoms with E-state index in [1.165, 1.54) is 11.8 Å². The van der Waals surface area contributed by atoms with E-state index >= 15 is 0 Å². The lowest BCUT2D eigenvalue weighted by Crippen LogP contribution is -2.40. The molecule has 2 aromatic rings. The summed E-state index contributed by atoms with van der Waals surface area (Å²) in [5.41, 5.74) is 2.07. The van der Waals surface area contributed by atoms with Gasteiger partial charge in [-0.25, -0.2) is 8.42 Å². The zero-order valence-corrected chi connectivity index (χ0v) is 16.6. The predicted molar refractivity (Wildman–Crippen MR) is 101 cm³/mol. The Morgan fingerprint density at radius 3 is 2.69 bits per heavy atom. The number of nitrogens with zero attached hydrogens (tertiary/aromatic N) is 3. The van der Waals surface area contributed by atoms with Crippen LogP contribution in [0.25, 0.3) is 5.69 Å². The minimum atomic E-state index is -3.02. The third kappa shape index (κ3) is 4.09. The fourth-order valence-corrected chi connectivity index (χ4v) is 5.54. The summed E-state index contributed by atoms with van der Waals surface area (Å²) < 4.78 is 25.0. The van der Waals surface area contributed by atoms with Gasteiger partial charge in [0.15, 0.2) is 15.0 Å². The van der Waals surface area contributed by atoms with Crippen LogP contribution < -0.4 is 5.32 Å². The molecule has 1 aromatic heterocycles. The molecule has 0 radical (unpaired) electrons. The molecule has 1 aromatic carbocycles. The van der Waals surface area contributed by atoms with Crippen molar-refractivity contribution in [3.05, 3.63) is 35.7 Å². The Morgan fingerprint density at radius 2 is 2.04 bits per heavy atom. The molecule has 7 nitrogen and oxygen atoms in total. The van der Waals surface area contributed by atoms with Crippen LogP contribution in [0.2, 0.25) is 0 Å². The van der Waals surface area contributed by atoms with Crippen molar-refractivity contribution in [2.75, 3.05) is 11.5 Å². The van der Waals surface area contributed by atoms with E-state index in [2.05, 4.69) is 15.5 Å². The molecule has 3 rings (SSSR count). The lowest BCUT2D eigenvalue weighted by Gasteiger charge is -2.16. The largest absolute Gasteiger partial charge is 0.351 e. The van der Waals surface area contributed by atoms with Crippen LogP contribution >= 0.6 is 11.8 Å². The molecule has 2 heterocycles. The van der Waals surface area contributed by atoms with Crippen molar-refractivity contribution in [3.63, 3.8) is 0 Å². The first-order valence-corrected chi connectivity index (χ1v) is 11.1. The lowest BCUT2D eigenvalue weighted by atomic mass is 10.2. The van der Waals surface area contributed by atoms with Crippen LogP contribution in [0.1, 0.15) is 24.7 Å². The smallest absolute Gasteiger partial charge is 0.233 e. The second-order valence-corrected chi connectivity index (χ2v) is 10.1. The molecule has 2 unspecified atom stereocenters. The van der Waals surface area contributed by atoms with Gasteiger partial charge in [-0.05, 0) is 38.8 Å². The molecule has 0 bridgehead atoms. The average molecular weight is 395 g/mol. The second kappa shape index (κ2) is 7.40. The predicted octanol–water partition coefficient (Wildman–Crippen LogP) is 1.67. The van der Waals surface area contributed by atoms with Crippen molar-refractivity contribution in [2.24, 2.45) is 0 Å². The lowest BCUT2D eigenvalue weighted by molar-refractivity contribution is -0.120. The van der Waals surface area contributed by atoms with Gasteiger partial charge in [0.25, 0.3) is 0 Å². The Kier molecular flexibility index (Phi) is 5.38. The second-order valence-electron chi connectivity index (χ2n) is 6.52. The van der Waals surface area contributed by atoms with E-state index in [1.54, 1.807) is 6.92 Å². The van der Waals surface area contributed by atoms with Gasteiger partial charge in [0.2, 0.25) is 5.91 Å². The fourth-order valence-electron chi connectivity index (χ4n) is 2.95. The van der Waals surface area contributed by atoms with E-state index in [1.807, 2.05) is 42.7 Å². The zero-order valence-electron chi connectivity index (χ0n) is 15.0. The number of carbonyl (C=O) groups is 1. The Morgan fingerprint density at radius 1 is 1.31 bits per heavy atom. The number of hydrogen-bond acceptors (Lipinski definition) is 6. The van der Waals surface area contributed by atoms with Gasteiger partial charge < -0.3 is 5.32 Å². The first kappa shape index (κ1) is 18.9. The van der Waals surface area contributed by atoms with Gasteiger partial charge in [-0.1, -0.05) is 30.0 Å². The summed E-state index contributed by atoms with van der Waals surface area (Å²) in [5, 5.41) is 11.4. The van der Waals surface area contributed by atoms with E-state index in [0.29, 0.717) is 11.6 Å². The maximum absolute atomic E-state index is 12.5. The van der Waals surface area contributed by atoms with Gasteiger partial charge in [0.1, 0.15) is 5.82 Å². The van der Waals surface area contributed by atoms with Crippen molar-refractivity contribution < 1.29 is 13.2 Å². The zero-order chi connectivity index (χ0) is 18.9. The number of sulfone groups is 1. The summed E-state index contributed by atoms with van der Waals surface area (Å²) in [7, 11) is -3.02. The Balaban J connectivity index is 1.73. The van der Waals surface area contributed by atoms with Crippen LogP contribution in [0, 0.1) is 13.8 Å². The van der Waals surface area contributed by atoms with Gasteiger partial charge in [-0.2, -0.15) is 0 Å². The number of rotatable bonds is 5. The summed E-state index contributed by atoms with van der Waals surface area (Å²) in [6, 6.07) is 7.62. The molecule has 1 saturated heterocycles. The molecule has 1 amide bonds. The summed E-state index contributed by atoms with van der Waals surface area (Å²) in [5.74, 6) is 0.722. The van der Waals surface area contributed by atoms with Gasteiger partial charge in [0.05, 0.1) is 22.4 Å². The Bertz CT molecular complexity index is 924. The third-order valence-corrected chi connectivity index (χ3v) is 7.19. The summed E-state index contributed by atoms with van der Waals surface area (Å²) in [6.07, 6.45) is 0.476. The Labute approximate surface area is 157 Å². The van der Waals surface area contributed by atoms with Crippen LogP contribution in [0.15, 0.2) is 29.4 Å². The molecular formula is C17H22N4O3S2. The molecular weight excluding hydrogens is 372 g/mol. The van der Waals surface area contributed by atoms with E-state index in [-0.39, 0.29) is 23.5 Å². The standard InChI is InChI=1S/C17H22N4O3S2/c1-11-6-4-5-7-15(11)21-13(3)19-20-17(21)25-12(2)16(22)18-14-8-9-26(23,24)10-14/h4-7,12,14H,8-10H2,1-3H3,(H,18,22). The molecule has 1 fully saturated rings. The van der Waals surface area contributed by atoms with Crippen LogP contribution in [0.3, 0.4) is 0 Å². The minimum Gasteiger partial charge on any atom is -0.351 e. The molecule has 1 aliphatic heterocycles. The van der Waals surface area contributed by atoms with Crippen LogP contribution in [-0.2, 0) is 14.6 Å². The summed E-state index contributed by atoms with van der Waals surface area (Å²) in [6.45, 7) is 5.67. The number of hydrogen-bond donors (Lipinski definition) is 1. The molecule has 0 spiro atoms. The van der Waals surface area contributed by atoms with Crippen LogP contribution in [0.5, 0.6) is 0 Å². The van der Waals surface area contributed by atoms with Crippen molar-refractivity contribution >= 4 is 27.5 Å². The highest BCUT2D eigenvalue weighted by atomic mass is 32.2. The number of aryl methyl sites for hydroxylation is 2. The van der Waals surface area contributed by atoms with E-state index in [0.717, 1.165) is 17.1 Å². The number of carbonyl (C=O) groups excluding carboxylic acids is 1. The summed E-state index contributed by atoms with van der Waals surface area (Å²) >= 11 is 1.31.